The molecule has 0 aromatic heterocycles. The summed E-state index contributed by atoms with van der Waals surface area (Å²) in [6.45, 7) is 0.873. The van der Waals surface area contributed by atoms with Gasteiger partial charge in [-0.3, -0.25) is 4.79 Å². The quantitative estimate of drug-likeness (QED) is 0.812. The van der Waals surface area contributed by atoms with Crippen LogP contribution in [0, 0.1) is 11.6 Å². The second kappa shape index (κ2) is 8.88. The Bertz CT molecular complexity index is 811. The van der Waals surface area contributed by atoms with E-state index in [4.69, 9.17) is 16.3 Å². The predicted molar refractivity (Wildman–Crippen MR) is 102 cm³/mol. The van der Waals surface area contributed by atoms with E-state index < -0.39 is 11.4 Å². The first-order valence-corrected chi connectivity index (χ1v) is 9.55. The van der Waals surface area contributed by atoms with E-state index in [1.165, 1.54) is 36.4 Å². The lowest BCUT2D eigenvalue weighted by molar-refractivity contribution is -0.130. The van der Waals surface area contributed by atoms with E-state index in [0.29, 0.717) is 38.1 Å². The van der Waals surface area contributed by atoms with Crippen LogP contribution in [0.4, 0.5) is 8.78 Å². The maximum Gasteiger partial charge on any atom is 0.227 e. The number of hydrogen-bond donors (Lipinski definition) is 1. The molecule has 0 spiro atoms. The normalized spacial score (nSPS) is 19.9. The summed E-state index contributed by atoms with van der Waals surface area (Å²) in [7, 11) is 0. The van der Waals surface area contributed by atoms with Gasteiger partial charge in [0.05, 0.1) is 6.42 Å². The van der Waals surface area contributed by atoms with Gasteiger partial charge >= 0.3 is 0 Å². The van der Waals surface area contributed by atoms with Crippen LogP contribution in [-0.4, -0.2) is 41.2 Å². The van der Waals surface area contributed by atoms with Gasteiger partial charge in [-0.1, -0.05) is 17.7 Å². The van der Waals surface area contributed by atoms with Crippen LogP contribution in [-0.2, 0) is 11.2 Å². The molecule has 150 valence electrons. The second-order valence-electron chi connectivity index (χ2n) is 7.08. The standard InChI is InChI=1S/C21H22ClF2NO3/c22-18-3-1-4-19(24)17(18)13-20(26)25-11-2-9-21(27,10-12-25)14-28-16-7-5-15(23)6-8-16/h1,3-8,27H,2,9-14H2. The van der Waals surface area contributed by atoms with E-state index in [0.717, 1.165) is 0 Å². The van der Waals surface area contributed by atoms with E-state index in [1.807, 2.05) is 0 Å². The second-order valence-corrected chi connectivity index (χ2v) is 7.49. The molecule has 0 saturated carbocycles. The summed E-state index contributed by atoms with van der Waals surface area (Å²) in [6.07, 6.45) is 1.29. The van der Waals surface area contributed by atoms with Crippen LogP contribution >= 0.6 is 11.6 Å². The van der Waals surface area contributed by atoms with Crippen LogP contribution < -0.4 is 4.74 Å². The lowest BCUT2D eigenvalue weighted by Crippen LogP contribution is -2.38. The zero-order valence-corrected chi connectivity index (χ0v) is 16.1. The zero-order valence-electron chi connectivity index (χ0n) is 15.3. The number of carbonyl (C=O) groups is 1. The smallest absolute Gasteiger partial charge is 0.227 e. The third-order valence-electron chi connectivity index (χ3n) is 4.98. The van der Waals surface area contributed by atoms with Crippen molar-refractivity contribution in [1.82, 2.24) is 4.90 Å². The molecule has 0 radical (unpaired) electrons. The Balaban J connectivity index is 1.57. The van der Waals surface area contributed by atoms with Crippen molar-refractivity contribution in [3.05, 3.63) is 64.7 Å². The van der Waals surface area contributed by atoms with Crippen molar-refractivity contribution >= 4 is 17.5 Å². The highest BCUT2D eigenvalue weighted by Crippen LogP contribution is 2.26. The number of benzene rings is 2. The summed E-state index contributed by atoms with van der Waals surface area (Å²) >= 11 is 6.01. The van der Waals surface area contributed by atoms with Crippen molar-refractivity contribution in [3.63, 3.8) is 0 Å². The minimum Gasteiger partial charge on any atom is -0.491 e. The topological polar surface area (TPSA) is 49.8 Å². The monoisotopic (exact) mass is 409 g/mol. The van der Waals surface area contributed by atoms with Gasteiger partial charge in [-0.25, -0.2) is 8.78 Å². The van der Waals surface area contributed by atoms with Crippen LogP contribution in [0.25, 0.3) is 0 Å². The first-order valence-electron chi connectivity index (χ1n) is 9.18. The molecule has 4 nitrogen and oxygen atoms in total. The van der Waals surface area contributed by atoms with Crippen molar-refractivity contribution in [2.24, 2.45) is 0 Å². The summed E-state index contributed by atoms with van der Waals surface area (Å²) in [4.78, 5) is 14.2. The molecular formula is C21H22ClF2NO3. The maximum atomic E-state index is 13.9. The van der Waals surface area contributed by atoms with E-state index in [-0.39, 0.29) is 35.3 Å². The number of hydrogen-bond acceptors (Lipinski definition) is 3. The summed E-state index contributed by atoms with van der Waals surface area (Å²) in [5, 5.41) is 11.1. The highest BCUT2D eigenvalue weighted by atomic mass is 35.5. The fourth-order valence-corrected chi connectivity index (χ4v) is 3.52. The number of amides is 1. The lowest BCUT2D eigenvalue weighted by Gasteiger charge is -2.27. The largest absolute Gasteiger partial charge is 0.491 e. The third kappa shape index (κ3) is 5.20. The molecule has 1 aliphatic heterocycles. The van der Waals surface area contributed by atoms with Crippen LogP contribution in [0.1, 0.15) is 24.8 Å². The SMILES string of the molecule is O=C(Cc1c(F)cccc1Cl)N1CCCC(O)(COc2ccc(F)cc2)CC1. The molecular weight excluding hydrogens is 388 g/mol. The van der Waals surface area contributed by atoms with Crippen LogP contribution in [0.5, 0.6) is 5.75 Å². The highest BCUT2D eigenvalue weighted by molar-refractivity contribution is 6.31. The Kier molecular flexibility index (Phi) is 6.52. The molecule has 1 heterocycles. The molecule has 7 heteroatoms. The Morgan fingerprint density at radius 1 is 1.14 bits per heavy atom. The maximum absolute atomic E-state index is 13.9. The molecule has 2 aromatic rings. The molecule has 28 heavy (non-hydrogen) atoms. The highest BCUT2D eigenvalue weighted by Gasteiger charge is 2.32. The van der Waals surface area contributed by atoms with E-state index in [1.54, 1.807) is 11.0 Å². The number of halogens is 3. The zero-order chi connectivity index (χ0) is 20.1. The van der Waals surface area contributed by atoms with Gasteiger partial charge in [-0.05, 0) is 55.7 Å². The number of ether oxygens (including phenoxy) is 1. The summed E-state index contributed by atoms with van der Waals surface area (Å²) in [6, 6.07) is 9.93. The fraction of sp³-hybridized carbons (Fsp3) is 0.381. The summed E-state index contributed by atoms with van der Waals surface area (Å²) < 4.78 is 32.5. The van der Waals surface area contributed by atoms with Crippen molar-refractivity contribution in [2.75, 3.05) is 19.7 Å². The number of likely N-dealkylation sites (tertiary alicyclic amines) is 1. The average Bonchev–Trinajstić information content (AvgIpc) is 2.87. The van der Waals surface area contributed by atoms with E-state index >= 15 is 0 Å². The number of aliphatic hydroxyl groups is 1. The van der Waals surface area contributed by atoms with Crippen molar-refractivity contribution in [1.29, 1.82) is 0 Å². The van der Waals surface area contributed by atoms with Gasteiger partial charge in [0.2, 0.25) is 5.91 Å². The first-order chi connectivity index (χ1) is 13.4. The van der Waals surface area contributed by atoms with Crippen LogP contribution in [0.2, 0.25) is 5.02 Å². The molecule has 1 fully saturated rings. The van der Waals surface area contributed by atoms with E-state index in [9.17, 15) is 18.7 Å². The van der Waals surface area contributed by atoms with Crippen molar-refractivity contribution in [3.8, 4) is 5.75 Å². The van der Waals surface area contributed by atoms with Crippen molar-refractivity contribution in [2.45, 2.75) is 31.3 Å². The molecule has 2 aromatic carbocycles. The van der Waals surface area contributed by atoms with Gasteiger partial charge in [-0.2, -0.15) is 0 Å². The van der Waals surface area contributed by atoms with Gasteiger partial charge < -0.3 is 14.7 Å². The van der Waals surface area contributed by atoms with Crippen LogP contribution in [0.3, 0.4) is 0 Å². The summed E-state index contributed by atoms with van der Waals surface area (Å²) in [5.41, 5.74) is -0.896. The van der Waals surface area contributed by atoms with Gasteiger partial charge in [0, 0.05) is 23.7 Å². The molecule has 0 bridgehead atoms. The first kappa shape index (κ1) is 20.6. The Hall–Kier alpha value is -2.18. The Labute approximate surface area is 167 Å². The van der Waals surface area contributed by atoms with Gasteiger partial charge in [0.15, 0.2) is 0 Å². The van der Waals surface area contributed by atoms with Gasteiger partial charge in [0.1, 0.15) is 29.6 Å². The molecule has 3 rings (SSSR count). The molecule has 0 aliphatic carbocycles. The van der Waals surface area contributed by atoms with Crippen LogP contribution in [0.15, 0.2) is 42.5 Å². The molecule has 1 N–H and O–H groups in total. The van der Waals surface area contributed by atoms with Gasteiger partial charge in [-0.15, -0.1) is 0 Å². The Morgan fingerprint density at radius 2 is 1.89 bits per heavy atom. The number of nitrogens with zero attached hydrogens (tertiary/aromatic N) is 1. The van der Waals surface area contributed by atoms with Crippen molar-refractivity contribution < 1.29 is 23.4 Å². The average molecular weight is 410 g/mol. The third-order valence-corrected chi connectivity index (χ3v) is 5.33. The molecule has 1 saturated heterocycles. The minimum absolute atomic E-state index is 0.0554. The number of rotatable bonds is 5. The summed E-state index contributed by atoms with van der Waals surface area (Å²) in [5.74, 6) is -0.610. The molecule has 1 unspecified atom stereocenters. The number of carbonyl (C=O) groups excluding carboxylic acids is 1. The minimum atomic E-state index is -1.08. The molecule has 1 amide bonds. The Morgan fingerprint density at radius 3 is 2.61 bits per heavy atom. The lowest BCUT2D eigenvalue weighted by atomic mass is 9.96. The van der Waals surface area contributed by atoms with E-state index in [2.05, 4.69) is 0 Å². The molecule has 1 aliphatic rings. The fourth-order valence-electron chi connectivity index (χ4n) is 3.29. The predicted octanol–water partition coefficient (Wildman–Crippen LogP) is 3.98. The molecule has 1 atom stereocenters. The van der Waals surface area contributed by atoms with Gasteiger partial charge in [0.25, 0.3) is 0 Å².